The summed E-state index contributed by atoms with van der Waals surface area (Å²) in [5.41, 5.74) is 3.52. The predicted octanol–water partition coefficient (Wildman–Crippen LogP) is 5.63. The van der Waals surface area contributed by atoms with E-state index >= 15 is 0 Å². The zero-order valence-electron chi connectivity index (χ0n) is 15.7. The van der Waals surface area contributed by atoms with Crippen LogP contribution in [0.15, 0.2) is 61.1 Å². The Bertz CT molecular complexity index is 1270. The molecule has 4 rings (SSSR count). The number of aryl methyl sites for hydroxylation is 1. The molecule has 0 radical (unpaired) electrons. The number of rotatable bonds is 3. The number of nitrogens with one attached hydrogen (secondary N) is 1. The van der Waals surface area contributed by atoms with Crippen LogP contribution in [0.2, 0.25) is 0 Å². The fourth-order valence-electron chi connectivity index (χ4n) is 3.12. The van der Waals surface area contributed by atoms with Gasteiger partial charge in [0.2, 0.25) is 0 Å². The van der Waals surface area contributed by atoms with Gasteiger partial charge in [-0.15, -0.1) is 0 Å². The molecule has 8 heteroatoms. The summed E-state index contributed by atoms with van der Waals surface area (Å²) < 4.78 is 38.1. The second kappa shape index (κ2) is 7.44. The van der Waals surface area contributed by atoms with Gasteiger partial charge in [0.1, 0.15) is 11.9 Å². The van der Waals surface area contributed by atoms with Crippen molar-refractivity contribution in [3.05, 3.63) is 77.7 Å². The third-order valence-electron chi connectivity index (χ3n) is 4.58. The maximum absolute atomic E-state index is 12.7. The van der Waals surface area contributed by atoms with Crippen LogP contribution in [0.25, 0.3) is 22.2 Å². The first-order chi connectivity index (χ1) is 14.3. The Hall–Kier alpha value is -3.99. The van der Waals surface area contributed by atoms with Crippen molar-refractivity contribution in [3.8, 4) is 17.3 Å². The van der Waals surface area contributed by atoms with Gasteiger partial charge in [-0.3, -0.25) is 9.97 Å². The van der Waals surface area contributed by atoms with Crippen LogP contribution in [0.4, 0.5) is 24.7 Å². The van der Waals surface area contributed by atoms with Crippen molar-refractivity contribution >= 4 is 22.4 Å². The third kappa shape index (κ3) is 3.78. The van der Waals surface area contributed by atoms with E-state index in [9.17, 15) is 13.2 Å². The van der Waals surface area contributed by atoms with Gasteiger partial charge in [0, 0.05) is 29.5 Å². The lowest BCUT2D eigenvalue weighted by Crippen LogP contribution is -2.05. The molecule has 0 saturated heterocycles. The van der Waals surface area contributed by atoms with E-state index in [1.807, 2.05) is 25.1 Å². The topological polar surface area (TPSA) is 74.5 Å². The Morgan fingerprint density at radius 3 is 2.47 bits per heavy atom. The minimum absolute atomic E-state index is 0.296. The largest absolute Gasteiger partial charge is 0.417 e. The zero-order chi connectivity index (χ0) is 21.3. The van der Waals surface area contributed by atoms with Crippen LogP contribution in [-0.4, -0.2) is 15.0 Å². The van der Waals surface area contributed by atoms with Gasteiger partial charge in [-0.25, -0.2) is 4.98 Å². The van der Waals surface area contributed by atoms with Gasteiger partial charge in [-0.1, -0.05) is 12.1 Å². The summed E-state index contributed by atoms with van der Waals surface area (Å²) in [6, 6.07) is 13.5. The van der Waals surface area contributed by atoms with Crippen molar-refractivity contribution in [1.29, 1.82) is 5.26 Å². The minimum Gasteiger partial charge on any atom is -0.340 e. The molecule has 1 aromatic carbocycles. The summed E-state index contributed by atoms with van der Waals surface area (Å²) >= 11 is 0. The first-order valence-electron chi connectivity index (χ1n) is 8.91. The van der Waals surface area contributed by atoms with Gasteiger partial charge in [0.25, 0.3) is 0 Å². The Labute approximate surface area is 169 Å². The van der Waals surface area contributed by atoms with E-state index in [1.54, 1.807) is 18.3 Å². The molecule has 0 atom stereocenters. The fraction of sp³-hybridized carbons (Fsp3) is 0.0909. The van der Waals surface area contributed by atoms with E-state index in [0.717, 1.165) is 34.5 Å². The highest BCUT2D eigenvalue weighted by molar-refractivity contribution is 5.94. The molecule has 0 aliphatic rings. The molecular formula is C22H14F3N5. The number of alkyl halides is 3. The highest BCUT2D eigenvalue weighted by Crippen LogP contribution is 2.31. The molecule has 1 N–H and O–H groups in total. The second-order valence-corrected chi connectivity index (χ2v) is 6.65. The lowest BCUT2D eigenvalue weighted by Gasteiger charge is -2.12. The summed E-state index contributed by atoms with van der Waals surface area (Å²) in [6.45, 7) is 1.88. The van der Waals surface area contributed by atoms with Crippen molar-refractivity contribution < 1.29 is 13.2 Å². The van der Waals surface area contributed by atoms with Crippen molar-refractivity contribution in [2.75, 3.05) is 5.32 Å². The smallest absolute Gasteiger partial charge is 0.340 e. The summed E-state index contributed by atoms with van der Waals surface area (Å²) in [4.78, 5) is 12.6. The number of pyridine rings is 3. The Morgan fingerprint density at radius 2 is 1.80 bits per heavy atom. The predicted molar refractivity (Wildman–Crippen MR) is 107 cm³/mol. The molecule has 0 aliphatic heterocycles. The molecule has 4 aromatic rings. The van der Waals surface area contributed by atoms with E-state index in [1.165, 1.54) is 12.3 Å². The summed E-state index contributed by atoms with van der Waals surface area (Å²) in [5, 5.41) is 12.8. The van der Waals surface area contributed by atoms with Gasteiger partial charge in [0.05, 0.1) is 28.0 Å². The van der Waals surface area contributed by atoms with Crippen LogP contribution >= 0.6 is 0 Å². The Balaban J connectivity index is 1.67. The molecule has 5 nitrogen and oxygen atoms in total. The molecule has 0 spiro atoms. The van der Waals surface area contributed by atoms with Gasteiger partial charge < -0.3 is 5.32 Å². The molecule has 0 fully saturated rings. The highest BCUT2D eigenvalue weighted by atomic mass is 19.4. The molecule has 0 amide bonds. The van der Waals surface area contributed by atoms with Crippen molar-refractivity contribution in [1.82, 2.24) is 15.0 Å². The van der Waals surface area contributed by atoms with E-state index in [-0.39, 0.29) is 0 Å². The summed E-state index contributed by atoms with van der Waals surface area (Å²) in [5.74, 6) is 0.296. The first-order valence-corrected chi connectivity index (χ1v) is 8.91. The molecule has 0 saturated carbocycles. The maximum Gasteiger partial charge on any atom is 0.417 e. The Kier molecular flexibility index (Phi) is 4.80. The molecule has 148 valence electrons. The fourth-order valence-corrected chi connectivity index (χ4v) is 3.12. The number of hydrogen-bond acceptors (Lipinski definition) is 5. The standard InChI is InChI=1S/C22H14F3N5/c1-13-8-14(10-26)11-29-21(13)15-2-4-17-18(6-7-27-19(17)9-15)30-20-5-3-16(12-28-20)22(23,24)25/h2-9,11-12H,1H3,(H,27,28,30). The van der Waals surface area contributed by atoms with Crippen LogP contribution in [0, 0.1) is 18.3 Å². The molecular weight excluding hydrogens is 391 g/mol. The van der Waals surface area contributed by atoms with E-state index in [2.05, 4.69) is 26.3 Å². The number of anilines is 2. The highest BCUT2D eigenvalue weighted by Gasteiger charge is 2.30. The van der Waals surface area contributed by atoms with Crippen molar-refractivity contribution in [2.24, 2.45) is 0 Å². The number of benzene rings is 1. The van der Waals surface area contributed by atoms with Gasteiger partial charge >= 0.3 is 6.18 Å². The number of hydrogen-bond donors (Lipinski definition) is 1. The van der Waals surface area contributed by atoms with E-state index in [4.69, 9.17) is 5.26 Å². The monoisotopic (exact) mass is 405 g/mol. The average molecular weight is 405 g/mol. The Morgan fingerprint density at radius 1 is 0.967 bits per heavy atom. The van der Waals surface area contributed by atoms with E-state index in [0.29, 0.717) is 22.6 Å². The lowest BCUT2D eigenvalue weighted by atomic mass is 10.0. The van der Waals surface area contributed by atoms with Gasteiger partial charge in [0.15, 0.2) is 0 Å². The normalized spacial score (nSPS) is 11.3. The van der Waals surface area contributed by atoms with Crippen LogP contribution in [0.3, 0.4) is 0 Å². The van der Waals surface area contributed by atoms with Gasteiger partial charge in [-0.2, -0.15) is 18.4 Å². The van der Waals surface area contributed by atoms with Gasteiger partial charge in [-0.05, 0) is 42.8 Å². The van der Waals surface area contributed by atoms with Crippen molar-refractivity contribution in [2.45, 2.75) is 13.1 Å². The molecule has 3 heterocycles. The number of fused-ring (bicyclic) bond motifs is 1. The minimum atomic E-state index is -4.43. The first kappa shape index (κ1) is 19.3. The molecule has 0 unspecified atom stereocenters. The lowest BCUT2D eigenvalue weighted by molar-refractivity contribution is -0.137. The average Bonchev–Trinajstić information content (AvgIpc) is 2.73. The maximum atomic E-state index is 12.7. The number of aromatic nitrogens is 3. The van der Waals surface area contributed by atoms with Crippen LogP contribution in [-0.2, 0) is 6.18 Å². The second-order valence-electron chi connectivity index (χ2n) is 6.65. The molecule has 30 heavy (non-hydrogen) atoms. The third-order valence-corrected chi connectivity index (χ3v) is 4.58. The molecule has 0 bridgehead atoms. The van der Waals surface area contributed by atoms with Crippen LogP contribution < -0.4 is 5.32 Å². The van der Waals surface area contributed by atoms with Crippen LogP contribution in [0.1, 0.15) is 16.7 Å². The number of nitrogens with zero attached hydrogens (tertiary/aromatic N) is 4. The summed E-state index contributed by atoms with van der Waals surface area (Å²) in [7, 11) is 0. The number of nitriles is 1. The van der Waals surface area contributed by atoms with Crippen LogP contribution in [0.5, 0.6) is 0 Å². The number of halogens is 3. The summed E-state index contributed by atoms with van der Waals surface area (Å²) in [6.07, 6.45) is -0.502. The van der Waals surface area contributed by atoms with E-state index < -0.39 is 11.7 Å². The molecule has 0 aliphatic carbocycles. The van der Waals surface area contributed by atoms with Crippen molar-refractivity contribution in [3.63, 3.8) is 0 Å². The SMILES string of the molecule is Cc1cc(C#N)cnc1-c1ccc2c(Nc3ccc(C(F)(F)F)cn3)ccnc2c1. The molecule has 3 aromatic heterocycles. The zero-order valence-corrected chi connectivity index (χ0v) is 15.7. The quantitative estimate of drug-likeness (QED) is 0.478.